The second-order valence-corrected chi connectivity index (χ2v) is 11.9. The van der Waals surface area contributed by atoms with E-state index in [9.17, 15) is 0 Å². The first-order chi connectivity index (χ1) is 16.1. The van der Waals surface area contributed by atoms with Crippen LogP contribution in [0, 0.1) is 12.8 Å². The zero-order chi connectivity index (χ0) is 24.2. The van der Waals surface area contributed by atoms with Crippen molar-refractivity contribution in [3.8, 4) is 17.1 Å². The number of benzene rings is 3. The van der Waals surface area contributed by atoms with Crippen molar-refractivity contribution in [1.82, 2.24) is 9.55 Å². The number of imidazole rings is 1. The Morgan fingerprint density at radius 1 is 0.971 bits per heavy atom. The molecule has 0 aliphatic heterocycles. The number of aromatic nitrogens is 3. The predicted molar refractivity (Wildman–Crippen MR) is 145 cm³/mol. The minimum atomic E-state index is 0.125. The number of hydrogen-bond donors (Lipinski definition) is 0. The molecule has 0 spiro atoms. The Bertz CT molecular complexity index is 1490. The number of rotatable bonds is 4. The highest BCUT2D eigenvalue weighted by Gasteiger charge is 2.29. The van der Waals surface area contributed by atoms with Gasteiger partial charge in [-0.15, -0.1) is 11.3 Å². The van der Waals surface area contributed by atoms with E-state index in [1.807, 2.05) is 11.3 Å². The number of nitrogens with zero attached hydrogens (tertiary/aromatic N) is 3. The highest BCUT2D eigenvalue weighted by molar-refractivity contribution is 7.18. The van der Waals surface area contributed by atoms with Crippen LogP contribution in [0.15, 0.2) is 60.7 Å². The van der Waals surface area contributed by atoms with Gasteiger partial charge in [-0.1, -0.05) is 65.0 Å². The molecule has 0 aliphatic rings. The highest BCUT2D eigenvalue weighted by atomic mass is 32.1. The van der Waals surface area contributed by atoms with Crippen LogP contribution in [-0.4, -0.2) is 9.55 Å². The Balaban J connectivity index is 1.82. The van der Waals surface area contributed by atoms with E-state index in [4.69, 9.17) is 4.98 Å². The van der Waals surface area contributed by atoms with Crippen LogP contribution < -0.4 is 4.57 Å². The van der Waals surface area contributed by atoms with Gasteiger partial charge >= 0.3 is 0 Å². The molecule has 3 nitrogen and oxygen atoms in total. The average molecular weight is 469 g/mol. The zero-order valence-corrected chi connectivity index (χ0v) is 22.1. The van der Waals surface area contributed by atoms with E-state index in [-0.39, 0.29) is 5.41 Å². The Morgan fingerprint density at radius 3 is 2.35 bits per heavy atom. The first-order valence-electron chi connectivity index (χ1n) is 12.1. The second-order valence-electron chi connectivity index (χ2n) is 10.8. The molecule has 4 heteroatoms. The number of thiazole rings is 1. The number of fused-ring (bicyclic) bond motifs is 2. The zero-order valence-electron chi connectivity index (χ0n) is 21.3. The first-order valence-corrected chi connectivity index (χ1v) is 13.0. The van der Waals surface area contributed by atoms with Crippen molar-refractivity contribution in [2.45, 2.75) is 53.4 Å². The van der Waals surface area contributed by atoms with Gasteiger partial charge in [-0.25, -0.2) is 9.55 Å². The second kappa shape index (κ2) is 8.35. The van der Waals surface area contributed by atoms with Crippen LogP contribution in [-0.2, 0) is 18.9 Å². The van der Waals surface area contributed by atoms with Gasteiger partial charge < -0.3 is 0 Å². The number of aryl methyl sites for hydroxylation is 2. The molecule has 0 unspecified atom stereocenters. The third-order valence-electron chi connectivity index (χ3n) is 6.63. The standard InChI is InChI=1S/C30H34N3S/c1-19(2)18-26-31-28-25(34-26)17-12-20(3)27(28)29-32(7)23-10-8-9-11-24(23)33(29)22-15-13-21(14-16-22)30(4,5)6/h8-17,19H,18H2,1-7H3/q+1. The smallest absolute Gasteiger partial charge is 0.240 e. The third-order valence-corrected chi connectivity index (χ3v) is 7.67. The molecule has 0 fully saturated rings. The van der Waals surface area contributed by atoms with Crippen LogP contribution in [0.2, 0.25) is 0 Å². The third kappa shape index (κ3) is 3.84. The lowest BCUT2D eigenvalue weighted by molar-refractivity contribution is -0.633. The summed E-state index contributed by atoms with van der Waals surface area (Å²) in [5, 5.41) is 1.22. The minimum absolute atomic E-state index is 0.125. The predicted octanol–water partition coefficient (Wildman–Crippen LogP) is 7.54. The van der Waals surface area contributed by atoms with E-state index in [1.54, 1.807) is 0 Å². The summed E-state index contributed by atoms with van der Waals surface area (Å²) in [7, 11) is 2.18. The highest BCUT2D eigenvalue weighted by Crippen LogP contribution is 2.37. The lowest BCUT2D eigenvalue weighted by atomic mass is 9.87. The van der Waals surface area contributed by atoms with Gasteiger partial charge in [0.1, 0.15) is 5.69 Å². The van der Waals surface area contributed by atoms with Crippen molar-refractivity contribution >= 4 is 32.6 Å². The van der Waals surface area contributed by atoms with Crippen LogP contribution in [0.25, 0.3) is 38.3 Å². The maximum atomic E-state index is 5.17. The fraction of sp³-hybridized carbons (Fsp3) is 0.333. The summed E-state index contributed by atoms with van der Waals surface area (Å²) in [4.78, 5) is 5.17. The molecule has 0 saturated heterocycles. The fourth-order valence-electron chi connectivity index (χ4n) is 4.83. The summed E-state index contributed by atoms with van der Waals surface area (Å²) in [6.45, 7) is 13.5. The summed E-state index contributed by atoms with van der Waals surface area (Å²) in [5.41, 5.74) is 8.65. The molecule has 2 heterocycles. The molecule has 3 aromatic carbocycles. The summed E-state index contributed by atoms with van der Waals surface area (Å²) in [6.07, 6.45) is 1.02. The molecule has 0 amide bonds. The van der Waals surface area contributed by atoms with E-state index in [1.165, 1.54) is 48.9 Å². The molecule has 0 bridgehead atoms. The van der Waals surface area contributed by atoms with Crippen LogP contribution in [0.5, 0.6) is 0 Å². The topological polar surface area (TPSA) is 21.7 Å². The molecule has 0 N–H and O–H groups in total. The molecule has 0 radical (unpaired) electrons. The Morgan fingerprint density at radius 2 is 1.68 bits per heavy atom. The molecule has 0 aliphatic carbocycles. The fourth-order valence-corrected chi connectivity index (χ4v) is 6.01. The monoisotopic (exact) mass is 468 g/mol. The molecule has 174 valence electrons. The summed E-state index contributed by atoms with van der Waals surface area (Å²) in [5.74, 6) is 1.77. The van der Waals surface area contributed by atoms with Gasteiger partial charge in [-0.3, -0.25) is 0 Å². The lowest BCUT2D eigenvalue weighted by Crippen LogP contribution is -2.30. The molecular weight excluding hydrogens is 434 g/mol. The average Bonchev–Trinajstić information content (AvgIpc) is 3.31. The van der Waals surface area contributed by atoms with E-state index in [2.05, 4.69) is 118 Å². The van der Waals surface area contributed by atoms with Crippen molar-refractivity contribution in [2.24, 2.45) is 13.0 Å². The van der Waals surface area contributed by atoms with Gasteiger partial charge in [0.15, 0.2) is 11.0 Å². The largest absolute Gasteiger partial charge is 0.297 e. The van der Waals surface area contributed by atoms with Gasteiger partial charge in [0.25, 0.3) is 5.82 Å². The van der Waals surface area contributed by atoms with Crippen molar-refractivity contribution < 1.29 is 4.57 Å². The Labute approximate surface area is 206 Å². The molecule has 5 rings (SSSR count). The normalized spacial score (nSPS) is 12.4. The van der Waals surface area contributed by atoms with Crippen molar-refractivity contribution in [3.63, 3.8) is 0 Å². The quantitative estimate of drug-likeness (QED) is 0.250. The van der Waals surface area contributed by atoms with Crippen LogP contribution >= 0.6 is 11.3 Å². The van der Waals surface area contributed by atoms with E-state index < -0.39 is 0 Å². The maximum Gasteiger partial charge on any atom is 0.297 e. The Kier molecular flexibility index (Phi) is 5.60. The molecule has 0 saturated carbocycles. The first kappa shape index (κ1) is 22.8. The van der Waals surface area contributed by atoms with Crippen molar-refractivity contribution in [2.75, 3.05) is 0 Å². The van der Waals surface area contributed by atoms with Gasteiger partial charge in [0.05, 0.1) is 27.8 Å². The summed E-state index contributed by atoms with van der Waals surface area (Å²) < 4.78 is 6.00. The van der Waals surface area contributed by atoms with Gasteiger partial charge in [-0.05, 0) is 59.7 Å². The molecule has 34 heavy (non-hydrogen) atoms. The summed E-state index contributed by atoms with van der Waals surface area (Å²) >= 11 is 1.83. The van der Waals surface area contributed by atoms with Crippen LogP contribution in [0.4, 0.5) is 0 Å². The van der Waals surface area contributed by atoms with Gasteiger partial charge in [-0.2, -0.15) is 4.57 Å². The van der Waals surface area contributed by atoms with Crippen LogP contribution in [0.1, 0.15) is 50.8 Å². The number of para-hydroxylation sites is 2. The SMILES string of the molecule is Cc1ccc2sc(CC(C)C)nc2c1-c1n(-c2ccc(C(C)(C)C)cc2)c2ccccc2[n+]1C. The van der Waals surface area contributed by atoms with Gasteiger partial charge in [0.2, 0.25) is 0 Å². The van der Waals surface area contributed by atoms with Crippen LogP contribution in [0.3, 0.4) is 0 Å². The molecule has 5 aromatic rings. The van der Waals surface area contributed by atoms with E-state index >= 15 is 0 Å². The lowest BCUT2D eigenvalue weighted by Gasteiger charge is -2.18. The van der Waals surface area contributed by atoms with Gasteiger partial charge in [0, 0.05) is 6.42 Å². The number of hydrogen-bond acceptors (Lipinski definition) is 2. The van der Waals surface area contributed by atoms with Crippen molar-refractivity contribution in [3.05, 3.63) is 76.8 Å². The molecule has 0 atom stereocenters. The molecular formula is C30H34N3S+. The summed E-state index contributed by atoms with van der Waals surface area (Å²) in [6, 6.07) is 22.2. The Hall–Kier alpha value is -2.98. The molecule has 2 aromatic heterocycles. The maximum absolute atomic E-state index is 5.17. The van der Waals surface area contributed by atoms with Crippen molar-refractivity contribution in [1.29, 1.82) is 0 Å². The minimum Gasteiger partial charge on any atom is -0.240 e. The van der Waals surface area contributed by atoms with E-state index in [0.29, 0.717) is 5.92 Å². The van der Waals surface area contributed by atoms with E-state index in [0.717, 1.165) is 11.9 Å².